The van der Waals surface area contributed by atoms with Crippen LogP contribution in [0.15, 0.2) is 61.1 Å². The van der Waals surface area contributed by atoms with Crippen molar-refractivity contribution >= 4 is 22.7 Å². The van der Waals surface area contributed by atoms with E-state index < -0.39 is 24.5 Å². The van der Waals surface area contributed by atoms with Crippen molar-refractivity contribution in [1.82, 2.24) is 14.8 Å². The molecule has 7 nitrogen and oxygen atoms in total. The zero-order valence-corrected chi connectivity index (χ0v) is 18.7. The predicted molar refractivity (Wildman–Crippen MR) is 122 cm³/mol. The van der Waals surface area contributed by atoms with Crippen molar-refractivity contribution in [2.24, 2.45) is 0 Å². The molecule has 4 rings (SSSR count). The summed E-state index contributed by atoms with van der Waals surface area (Å²) in [6.07, 6.45) is -1.28. The largest absolute Gasteiger partial charge is 0.454 e. The molecule has 0 saturated carbocycles. The van der Waals surface area contributed by atoms with Gasteiger partial charge >= 0.3 is 12.5 Å². The number of nitrogens with one attached hydrogen (secondary N) is 2. The number of H-pyrrole nitrogens is 1. The quantitative estimate of drug-likeness (QED) is 0.345. The molecule has 0 aliphatic carbocycles. The lowest BCUT2D eigenvalue weighted by Gasteiger charge is -2.19. The molecule has 1 amide bonds. The lowest BCUT2D eigenvalue weighted by atomic mass is 10.1. The van der Waals surface area contributed by atoms with Crippen molar-refractivity contribution in [2.75, 3.05) is 5.32 Å². The number of alkyl halides is 3. The second kappa shape index (κ2) is 9.12. The van der Waals surface area contributed by atoms with Crippen LogP contribution in [0.25, 0.3) is 27.7 Å². The van der Waals surface area contributed by atoms with E-state index in [1.165, 1.54) is 12.1 Å². The minimum Gasteiger partial charge on any atom is -0.454 e. The third-order valence-electron chi connectivity index (χ3n) is 4.78. The fourth-order valence-corrected chi connectivity index (χ4v) is 3.29. The van der Waals surface area contributed by atoms with E-state index in [9.17, 15) is 18.0 Å². The van der Waals surface area contributed by atoms with Gasteiger partial charge in [0.2, 0.25) is 0 Å². The van der Waals surface area contributed by atoms with Gasteiger partial charge in [-0.1, -0.05) is 6.07 Å². The normalized spacial score (nSPS) is 12.7. The first kappa shape index (κ1) is 23.2. The number of aromatic amines is 1. The highest BCUT2D eigenvalue weighted by Crippen LogP contribution is 2.30. The zero-order chi connectivity index (χ0) is 24.5. The summed E-state index contributed by atoms with van der Waals surface area (Å²) in [7, 11) is 0. The average Bonchev–Trinajstić information content (AvgIpc) is 3.40. The molecule has 0 spiro atoms. The summed E-state index contributed by atoms with van der Waals surface area (Å²) < 4.78 is 49.2. The molecule has 2 aromatic heterocycles. The maximum atomic E-state index is 13.1. The SMILES string of the molecule is CC(C)(C)OC(=O)Nc1c[nH]c2ccc(-c3cnn(-c4ccc(OC(F)C(F)F)cc4)c3)cc12. The summed E-state index contributed by atoms with van der Waals surface area (Å²) in [6.45, 7) is 5.37. The number of nitrogens with zero attached hydrogens (tertiary/aromatic N) is 2. The smallest absolute Gasteiger partial charge is 0.412 e. The van der Waals surface area contributed by atoms with E-state index in [-0.39, 0.29) is 5.75 Å². The Morgan fingerprint density at radius 1 is 1.09 bits per heavy atom. The number of carbonyl (C=O) groups excluding carboxylic acids is 1. The fraction of sp³-hybridized carbons (Fsp3) is 0.250. The number of halogens is 3. The molecule has 2 aromatic carbocycles. The van der Waals surface area contributed by atoms with Gasteiger partial charge in [0.15, 0.2) is 0 Å². The lowest BCUT2D eigenvalue weighted by Crippen LogP contribution is -2.27. The molecule has 1 atom stereocenters. The number of aromatic nitrogens is 3. The van der Waals surface area contributed by atoms with Crippen molar-refractivity contribution in [3.8, 4) is 22.6 Å². The summed E-state index contributed by atoms with van der Waals surface area (Å²) in [5.74, 6) is -0.00754. The Balaban J connectivity index is 1.53. The van der Waals surface area contributed by atoms with Crippen molar-refractivity contribution in [3.63, 3.8) is 0 Å². The third kappa shape index (κ3) is 5.33. The van der Waals surface area contributed by atoms with Crippen LogP contribution in [0.1, 0.15) is 20.8 Å². The number of rotatable bonds is 6. The van der Waals surface area contributed by atoms with Crippen molar-refractivity contribution < 1.29 is 27.4 Å². The van der Waals surface area contributed by atoms with E-state index >= 15 is 0 Å². The second-order valence-corrected chi connectivity index (χ2v) is 8.56. The Labute approximate surface area is 193 Å². The number of ether oxygens (including phenoxy) is 2. The maximum absolute atomic E-state index is 13.1. The molecule has 34 heavy (non-hydrogen) atoms. The first-order valence-corrected chi connectivity index (χ1v) is 10.4. The highest BCUT2D eigenvalue weighted by atomic mass is 19.3. The van der Waals surface area contributed by atoms with E-state index in [0.717, 1.165) is 22.0 Å². The molecule has 0 aliphatic heterocycles. The van der Waals surface area contributed by atoms with Crippen LogP contribution in [-0.2, 0) is 4.74 Å². The highest BCUT2D eigenvalue weighted by Gasteiger charge is 2.21. The summed E-state index contributed by atoms with van der Waals surface area (Å²) in [4.78, 5) is 15.3. The standard InChI is InChI=1S/C24H23F3N4O3/c1-24(2,3)34-23(32)30-20-12-28-19-9-4-14(10-18(19)20)15-11-29-31(13-15)16-5-7-17(8-6-16)33-22(27)21(25)26/h4-13,21-22,28H,1-3H3,(H,30,32). The molecule has 0 bridgehead atoms. The monoisotopic (exact) mass is 472 g/mol. The summed E-state index contributed by atoms with van der Waals surface area (Å²) >= 11 is 0. The van der Waals surface area contributed by atoms with Gasteiger partial charge in [0.05, 0.1) is 17.6 Å². The van der Waals surface area contributed by atoms with Crippen LogP contribution >= 0.6 is 0 Å². The predicted octanol–water partition coefficient (Wildman–Crippen LogP) is 6.31. The maximum Gasteiger partial charge on any atom is 0.412 e. The molecule has 1 unspecified atom stereocenters. The van der Waals surface area contributed by atoms with Gasteiger partial charge in [-0.15, -0.1) is 0 Å². The van der Waals surface area contributed by atoms with E-state index in [1.807, 2.05) is 18.2 Å². The Bertz CT molecular complexity index is 1290. The van der Waals surface area contributed by atoms with E-state index in [4.69, 9.17) is 4.74 Å². The van der Waals surface area contributed by atoms with Crippen molar-refractivity contribution in [1.29, 1.82) is 0 Å². The minimum atomic E-state index is -3.22. The molecular formula is C24H23F3N4O3. The minimum absolute atomic E-state index is 0.00754. The van der Waals surface area contributed by atoms with Gasteiger partial charge in [0.25, 0.3) is 6.36 Å². The number of benzene rings is 2. The van der Waals surface area contributed by atoms with Gasteiger partial charge in [-0.25, -0.2) is 18.3 Å². The van der Waals surface area contributed by atoms with E-state index in [2.05, 4.69) is 20.1 Å². The Hall–Kier alpha value is -3.95. The number of anilines is 1. The van der Waals surface area contributed by atoms with Crippen molar-refractivity contribution in [3.05, 3.63) is 61.1 Å². The molecule has 0 radical (unpaired) electrons. The number of fused-ring (bicyclic) bond motifs is 1. The van der Waals surface area contributed by atoms with Crippen LogP contribution in [0.3, 0.4) is 0 Å². The summed E-state index contributed by atoms with van der Waals surface area (Å²) in [5.41, 5.74) is 3.13. The van der Waals surface area contributed by atoms with Gasteiger partial charge in [-0.3, -0.25) is 5.32 Å². The lowest BCUT2D eigenvalue weighted by molar-refractivity contribution is -0.0668. The Kier molecular flexibility index (Phi) is 6.23. The van der Waals surface area contributed by atoms with Gasteiger partial charge in [-0.2, -0.15) is 9.49 Å². The van der Waals surface area contributed by atoms with Crippen LogP contribution < -0.4 is 10.1 Å². The van der Waals surface area contributed by atoms with Crippen LogP contribution in [0.2, 0.25) is 0 Å². The molecule has 4 aromatic rings. The average molecular weight is 472 g/mol. The molecule has 0 aliphatic rings. The van der Waals surface area contributed by atoms with Crippen molar-refractivity contribution in [2.45, 2.75) is 39.2 Å². The molecule has 2 N–H and O–H groups in total. The van der Waals surface area contributed by atoms with E-state index in [1.54, 1.807) is 56.2 Å². The van der Waals surface area contributed by atoms with Crippen LogP contribution in [-0.4, -0.2) is 39.2 Å². The topological polar surface area (TPSA) is 81.2 Å². The summed E-state index contributed by atoms with van der Waals surface area (Å²) in [5, 5.41) is 7.91. The zero-order valence-electron chi connectivity index (χ0n) is 18.7. The Morgan fingerprint density at radius 3 is 2.50 bits per heavy atom. The highest BCUT2D eigenvalue weighted by molar-refractivity contribution is 6.01. The molecule has 2 heterocycles. The van der Waals surface area contributed by atoms with Crippen LogP contribution in [0.4, 0.5) is 23.7 Å². The second-order valence-electron chi connectivity index (χ2n) is 8.56. The molecule has 10 heteroatoms. The third-order valence-corrected chi connectivity index (χ3v) is 4.78. The molecular weight excluding hydrogens is 449 g/mol. The van der Waals surface area contributed by atoms with Gasteiger partial charge in [0, 0.05) is 28.9 Å². The first-order chi connectivity index (χ1) is 16.1. The van der Waals surface area contributed by atoms with Crippen LogP contribution in [0, 0.1) is 0 Å². The summed E-state index contributed by atoms with van der Waals surface area (Å²) in [6, 6.07) is 11.7. The Morgan fingerprint density at radius 2 is 1.82 bits per heavy atom. The van der Waals surface area contributed by atoms with Gasteiger partial charge in [-0.05, 0) is 62.7 Å². The fourth-order valence-electron chi connectivity index (χ4n) is 3.29. The molecule has 0 saturated heterocycles. The first-order valence-electron chi connectivity index (χ1n) is 10.4. The van der Waals surface area contributed by atoms with Crippen LogP contribution in [0.5, 0.6) is 5.75 Å². The van der Waals surface area contributed by atoms with Gasteiger partial charge in [0.1, 0.15) is 11.4 Å². The number of amides is 1. The molecule has 178 valence electrons. The number of hydrogen-bond donors (Lipinski definition) is 2. The van der Waals surface area contributed by atoms with Gasteiger partial charge < -0.3 is 14.5 Å². The number of carbonyl (C=O) groups is 1. The van der Waals surface area contributed by atoms with E-state index in [0.29, 0.717) is 11.4 Å². The number of hydrogen-bond acceptors (Lipinski definition) is 4. The molecule has 0 fully saturated rings.